The van der Waals surface area contributed by atoms with E-state index in [0.717, 1.165) is 5.75 Å². The van der Waals surface area contributed by atoms with Crippen LogP contribution in [0.5, 0.6) is 0 Å². The molecule has 7 heteroatoms. The second kappa shape index (κ2) is 7.11. The molecule has 3 rings (SSSR count). The molecule has 2 heterocycles. The third-order valence-corrected chi connectivity index (χ3v) is 7.15. The van der Waals surface area contributed by atoms with Crippen molar-refractivity contribution in [1.82, 2.24) is 10.2 Å². The second-order valence-corrected chi connectivity index (χ2v) is 10.8. The van der Waals surface area contributed by atoms with Gasteiger partial charge in [-0.3, -0.25) is 0 Å². The zero-order valence-corrected chi connectivity index (χ0v) is 16.5. The summed E-state index contributed by atoms with van der Waals surface area (Å²) in [6, 6.07) is 8.59. The summed E-state index contributed by atoms with van der Waals surface area (Å²) in [4.78, 5) is 0. The van der Waals surface area contributed by atoms with Crippen molar-refractivity contribution in [2.45, 2.75) is 50.0 Å². The summed E-state index contributed by atoms with van der Waals surface area (Å²) in [5.41, 5.74) is 2.67. The third-order valence-electron chi connectivity index (χ3n) is 4.42. The molecule has 1 saturated heterocycles. The maximum absolute atomic E-state index is 11.5. The van der Waals surface area contributed by atoms with Crippen LogP contribution >= 0.6 is 11.8 Å². The normalized spacial score (nSPS) is 20.0. The Labute approximate surface area is 153 Å². The van der Waals surface area contributed by atoms with Crippen molar-refractivity contribution in [3.8, 4) is 0 Å². The van der Waals surface area contributed by atoms with E-state index in [2.05, 4.69) is 55.2 Å². The zero-order valence-electron chi connectivity index (χ0n) is 14.9. The molecule has 1 aromatic carbocycles. The van der Waals surface area contributed by atoms with Crippen LogP contribution in [0.15, 0.2) is 33.9 Å². The van der Waals surface area contributed by atoms with Crippen molar-refractivity contribution in [2.75, 3.05) is 11.5 Å². The van der Waals surface area contributed by atoms with Crippen LogP contribution in [0.1, 0.15) is 44.2 Å². The van der Waals surface area contributed by atoms with Gasteiger partial charge in [-0.05, 0) is 28.9 Å². The Balaban J connectivity index is 1.53. The molecule has 0 N–H and O–H groups in total. The van der Waals surface area contributed by atoms with Gasteiger partial charge < -0.3 is 4.42 Å². The van der Waals surface area contributed by atoms with E-state index in [9.17, 15) is 8.42 Å². The van der Waals surface area contributed by atoms with Crippen LogP contribution in [-0.4, -0.2) is 30.1 Å². The molecule has 0 radical (unpaired) electrons. The summed E-state index contributed by atoms with van der Waals surface area (Å²) in [5, 5.41) is 8.65. The van der Waals surface area contributed by atoms with E-state index in [1.54, 1.807) is 0 Å². The largest absolute Gasteiger partial charge is 0.416 e. The van der Waals surface area contributed by atoms with Gasteiger partial charge in [0.15, 0.2) is 9.84 Å². The molecule has 2 aromatic rings. The van der Waals surface area contributed by atoms with Gasteiger partial charge in [-0.1, -0.05) is 56.8 Å². The monoisotopic (exact) mass is 380 g/mol. The highest BCUT2D eigenvalue weighted by Crippen LogP contribution is 2.27. The first-order valence-electron chi connectivity index (χ1n) is 8.46. The lowest BCUT2D eigenvalue weighted by Gasteiger charge is -2.19. The minimum Gasteiger partial charge on any atom is -0.416 e. The minimum atomic E-state index is -2.86. The fourth-order valence-electron chi connectivity index (χ4n) is 2.91. The number of rotatable bonds is 5. The van der Waals surface area contributed by atoms with Crippen molar-refractivity contribution < 1.29 is 12.8 Å². The Morgan fingerprint density at radius 2 is 1.92 bits per heavy atom. The van der Waals surface area contributed by atoms with Crippen LogP contribution in [0, 0.1) is 5.92 Å². The first kappa shape index (κ1) is 18.5. The molecular weight excluding hydrogens is 356 g/mol. The second-order valence-electron chi connectivity index (χ2n) is 7.67. The Kier molecular flexibility index (Phi) is 5.25. The first-order chi connectivity index (χ1) is 11.7. The lowest BCUT2D eigenvalue weighted by molar-refractivity contribution is 0.389. The first-order valence-corrected chi connectivity index (χ1v) is 11.3. The van der Waals surface area contributed by atoms with Gasteiger partial charge in [0.05, 0.1) is 11.5 Å². The van der Waals surface area contributed by atoms with Gasteiger partial charge in [-0.2, -0.15) is 0 Å². The highest BCUT2D eigenvalue weighted by Gasteiger charge is 2.29. The maximum Gasteiger partial charge on any atom is 0.276 e. The summed E-state index contributed by atoms with van der Waals surface area (Å²) in [6.45, 7) is 6.60. The molecule has 25 heavy (non-hydrogen) atoms. The SMILES string of the molecule is CC(C)(C)c1ccc(CSc2nnc(C[C@@H]3CCS(=O)(=O)C3)o2)cc1. The fraction of sp³-hybridized carbons (Fsp3) is 0.556. The quantitative estimate of drug-likeness (QED) is 0.738. The van der Waals surface area contributed by atoms with Gasteiger partial charge in [0.25, 0.3) is 5.22 Å². The molecule has 0 saturated carbocycles. The molecule has 1 atom stereocenters. The standard InChI is InChI=1S/C18H24N2O3S2/c1-18(2,3)15-6-4-13(5-7-15)11-24-17-20-19-16(23-17)10-14-8-9-25(21,22)12-14/h4-7,14H,8-12H2,1-3H3/t14-/m0/s1. The molecule has 1 aliphatic heterocycles. The smallest absolute Gasteiger partial charge is 0.276 e. The van der Waals surface area contributed by atoms with Crippen LogP contribution in [-0.2, 0) is 27.4 Å². The molecule has 1 aliphatic rings. The topological polar surface area (TPSA) is 73.1 Å². The van der Waals surface area contributed by atoms with Crippen molar-refractivity contribution >= 4 is 21.6 Å². The Morgan fingerprint density at radius 3 is 2.52 bits per heavy atom. The molecule has 0 aliphatic carbocycles. The van der Waals surface area contributed by atoms with Gasteiger partial charge in [0.2, 0.25) is 5.89 Å². The highest BCUT2D eigenvalue weighted by molar-refractivity contribution is 7.98. The average Bonchev–Trinajstić information content (AvgIpc) is 3.11. The van der Waals surface area contributed by atoms with E-state index in [1.807, 2.05) is 0 Å². The van der Waals surface area contributed by atoms with Crippen LogP contribution in [0.25, 0.3) is 0 Å². The van der Waals surface area contributed by atoms with Gasteiger partial charge in [0, 0.05) is 12.2 Å². The minimum absolute atomic E-state index is 0.105. The fourth-order valence-corrected chi connectivity index (χ4v) is 5.50. The molecule has 0 amide bonds. The summed E-state index contributed by atoms with van der Waals surface area (Å²) in [5.74, 6) is 1.92. The predicted molar refractivity (Wildman–Crippen MR) is 99.5 cm³/mol. The molecule has 136 valence electrons. The number of sulfone groups is 1. The zero-order chi connectivity index (χ0) is 18.1. The van der Waals surface area contributed by atoms with Crippen molar-refractivity contribution in [3.05, 3.63) is 41.3 Å². The molecule has 1 fully saturated rings. The summed E-state index contributed by atoms with van der Waals surface area (Å²) >= 11 is 1.51. The van der Waals surface area contributed by atoms with E-state index in [4.69, 9.17) is 4.42 Å². The van der Waals surface area contributed by atoms with Crippen molar-refractivity contribution in [2.24, 2.45) is 5.92 Å². The lowest BCUT2D eigenvalue weighted by atomic mass is 9.87. The number of aromatic nitrogens is 2. The number of thioether (sulfide) groups is 1. The third kappa shape index (κ3) is 5.07. The molecule has 1 aromatic heterocycles. The van der Waals surface area contributed by atoms with Crippen molar-refractivity contribution in [1.29, 1.82) is 0 Å². The lowest BCUT2D eigenvalue weighted by Crippen LogP contribution is -2.10. The van der Waals surface area contributed by atoms with Crippen molar-refractivity contribution in [3.63, 3.8) is 0 Å². The summed E-state index contributed by atoms with van der Waals surface area (Å²) in [6.07, 6.45) is 1.24. The summed E-state index contributed by atoms with van der Waals surface area (Å²) in [7, 11) is -2.86. The van der Waals surface area contributed by atoms with Crippen LogP contribution < -0.4 is 0 Å². The van der Waals surface area contributed by atoms with Crippen LogP contribution in [0.3, 0.4) is 0 Å². The molecule has 0 unspecified atom stereocenters. The maximum atomic E-state index is 11.5. The Bertz CT molecular complexity index is 821. The van der Waals surface area contributed by atoms with Gasteiger partial charge in [0.1, 0.15) is 0 Å². The Hall–Kier alpha value is -1.34. The molecule has 0 bridgehead atoms. The molecular formula is C18H24N2O3S2. The predicted octanol–water partition coefficient (Wildman–Crippen LogP) is 3.64. The van der Waals surface area contributed by atoms with E-state index in [-0.39, 0.29) is 22.8 Å². The number of hydrogen-bond donors (Lipinski definition) is 0. The van der Waals surface area contributed by atoms with Gasteiger partial charge in [-0.25, -0.2) is 8.42 Å². The van der Waals surface area contributed by atoms with E-state index in [1.165, 1.54) is 22.9 Å². The van der Waals surface area contributed by atoms with Crippen LogP contribution in [0.2, 0.25) is 0 Å². The number of hydrogen-bond acceptors (Lipinski definition) is 6. The van der Waals surface area contributed by atoms with Crippen LogP contribution in [0.4, 0.5) is 0 Å². The van der Waals surface area contributed by atoms with E-state index in [0.29, 0.717) is 24.0 Å². The number of nitrogens with zero attached hydrogens (tertiary/aromatic N) is 2. The van der Waals surface area contributed by atoms with E-state index >= 15 is 0 Å². The van der Waals surface area contributed by atoms with Gasteiger partial charge in [-0.15, -0.1) is 10.2 Å². The summed E-state index contributed by atoms with van der Waals surface area (Å²) < 4.78 is 28.7. The average molecular weight is 381 g/mol. The number of benzene rings is 1. The van der Waals surface area contributed by atoms with E-state index < -0.39 is 9.84 Å². The van der Waals surface area contributed by atoms with Gasteiger partial charge >= 0.3 is 0 Å². The molecule has 5 nitrogen and oxygen atoms in total. The highest BCUT2D eigenvalue weighted by atomic mass is 32.2. The molecule has 0 spiro atoms. The Morgan fingerprint density at radius 1 is 1.20 bits per heavy atom.